The molecule has 4 N–H and O–H groups in total. The summed E-state index contributed by atoms with van der Waals surface area (Å²) in [5.74, 6) is 0. The largest absolute Gasteiger partial charge is 0.330 e. The van der Waals surface area contributed by atoms with Gasteiger partial charge in [-0.3, -0.25) is 0 Å². The maximum Gasteiger partial charge on any atom is -0.000834 e. The first-order valence-electron chi connectivity index (χ1n) is 6.59. The fourth-order valence-corrected chi connectivity index (χ4v) is 1.69. The van der Waals surface area contributed by atoms with E-state index in [0.717, 1.165) is 45.6 Å². The Labute approximate surface area is 105 Å². The lowest BCUT2D eigenvalue weighted by atomic mass is 10.1. The van der Waals surface area contributed by atoms with Gasteiger partial charge in [-0.15, -0.1) is 0 Å². The molecule has 0 saturated heterocycles. The molecule has 0 amide bonds. The summed E-state index contributed by atoms with van der Waals surface area (Å²) in [5, 5.41) is 6.83. The molecule has 0 aliphatic rings. The lowest BCUT2D eigenvalue weighted by Crippen LogP contribution is -2.24. The van der Waals surface area contributed by atoms with Crippen LogP contribution < -0.4 is 16.4 Å². The maximum absolute atomic E-state index is 5.41. The average molecular weight is 235 g/mol. The van der Waals surface area contributed by atoms with Crippen LogP contribution in [0.2, 0.25) is 0 Å². The van der Waals surface area contributed by atoms with Gasteiger partial charge in [0.25, 0.3) is 0 Å². The van der Waals surface area contributed by atoms with Crippen molar-refractivity contribution >= 4 is 0 Å². The van der Waals surface area contributed by atoms with Crippen molar-refractivity contribution in [2.75, 3.05) is 32.7 Å². The summed E-state index contributed by atoms with van der Waals surface area (Å²) in [5.41, 5.74) is 6.82. The summed E-state index contributed by atoms with van der Waals surface area (Å²) in [6, 6.07) is 10.6. The van der Waals surface area contributed by atoms with Crippen LogP contribution in [0.4, 0.5) is 0 Å². The van der Waals surface area contributed by atoms with Crippen LogP contribution >= 0.6 is 0 Å². The molecule has 0 aliphatic heterocycles. The molecule has 1 rings (SSSR count). The molecule has 0 aliphatic carbocycles. The van der Waals surface area contributed by atoms with Crippen LogP contribution in [0, 0.1) is 0 Å². The average Bonchev–Trinajstić information content (AvgIpc) is 2.38. The molecule has 0 bridgehead atoms. The summed E-state index contributed by atoms with van der Waals surface area (Å²) in [6.45, 7) is 5.05. The molecule has 3 nitrogen and oxygen atoms in total. The number of benzene rings is 1. The zero-order chi connectivity index (χ0) is 12.2. The van der Waals surface area contributed by atoms with Crippen molar-refractivity contribution in [3.63, 3.8) is 0 Å². The predicted octanol–water partition coefficient (Wildman–Crippen LogP) is 1.15. The van der Waals surface area contributed by atoms with Gasteiger partial charge in [0.1, 0.15) is 0 Å². The minimum Gasteiger partial charge on any atom is -0.330 e. The standard InChI is InChI=1S/C14H25N3/c15-9-4-10-16-11-5-12-17-13-8-14-6-2-1-3-7-14/h1-3,6-7,16-17H,4-5,8-13,15H2. The second-order valence-corrected chi connectivity index (χ2v) is 4.23. The Balaban J connectivity index is 1.85. The molecule has 0 unspecified atom stereocenters. The quantitative estimate of drug-likeness (QED) is 0.533. The Morgan fingerprint density at radius 3 is 2.18 bits per heavy atom. The van der Waals surface area contributed by atoms with Gasteiger partial charge in [0.05, 0.1) is 0 Å². The van der Waals surface area contributed by atoms with Crippen molar-refractivity contribution in [2.24, 2.45) is 5.73 Å². The lowest BCUT2D eigenvalue weighted by molar-refractivity contribution is 0.587. The molecule has 0 heterocycles. The molecule has 0 saturated carbocycles. The van der Waals surface area contributed by atoms with Crippen LogP contribution in [0.5, 0.6) is 0 Å². The topological polar surface area (TPSA) is 50.1 Å². The highest BCUT2D eigenvalue weighted by Crippen LogP contribution is 1.97. The first-order valence-corrected chi connectivity index (χ1v) is 6.59. The van der Waals surface area contributed by atoms with E-state index in [1.54, 1.807) is 0 Å². The van der Waals surface area contributed by atoms with Crippen LogP contribution in [0.3, 0.4) is 0 Å². The van der Waals surface area contributed by atoms with Crippen molar-refractivity contribution in [3.8, 4) is 0 Å². The monoisotopic (exact) mass is 235 g/mol. The second-order valence-electron chi connectivity index (χ2n) is 4.23. The number of nitrogens with one attached hydrogen (secondary N) is 2. The van der Waals surface area contributed by atoms with Gasteiger partial charge in [-0.05, 0) is 57.5 Å². The Morgan fingerprint density at radius 1 is 0.824 bits per heavy atom. The molecule has 96 valence electrons. The molecule has 1 aromatic rings. The van der Waals surface area contributed by atoms with Gasteiger partial charge < -0.3 is 16.4 Å². The van der Waals surface area contributed by atoms with E-state index in [-0.39, 0.29) is 0 Å². The smallest absolute Gasteiger partial charge is 0.000834 e. The summed E-state index contributed by atoms with van der Waals surface area (Å²) in [4.78, 5) is 0. The van der Waals surface area contributed by atoms with E-state index < -0.39 is 0 Å². The molecule has 3 heteroatoms. The fourth-order valence-electron chi connectivity index (χ4n) is 1.69. The highest BCUT2D eigenvalue weighted by Gasteiger charge is 1.91. The highest BCUT2D eigenvalue weighted by atomic mass is 14.9. The predicted molar refractivity (Wildman–Crippen MR) is 74.2 cm³/mol. The summed E-state index contributed by atoms with van der Waals surface area (Å²) < 4.78 is 0. The second kappa shape index (κ2) is 10.3. The molecular formula is C14H25N3. The molecular weight excluding hydrogens is 210 g/mol. The molecule has 17 heavy (non-hydrogen) atoms. The Morgan fingerprint density at radius 2 is 1.47 bits per heavy atom. The SMILES string of the molecule is NCCCNCCCNCCc1ccccc1. The third-order valence-corrected chi connectivity index (χ3v) is 2.70. The third-order valence-electron chi connectivity index (χ3n) is 2.70. The van der Waals surface area contributed by atoms with E-state index in [2.05, 4.69) is 41.0 Å². The van der Waals surface area contributed by atoms with E-state index >= 15 is 0 Å². The first kappa shape index (κ1) is 14.2. The van der Waals surface area contributed by atoms with Gasteiger partial charge in [0.15, 0.2) is 0 Å². The molecule has 0 atom stereocenters. The van der Waals surface area contributed by atoms with Gasteiger partial charge in [0, 0.05) is 0 Å². The van der Waals surface area contributed by atoms with Crippen LogP contribution in [0.25, 0.3) is 0 Å². The third kappa shape index (κ3) is 7.91. The number of hydrogen-bond donors (Lipinski definition) is 3. The fraction of sp³-hybridized carbons (Fsp3) is 0.571. The summed E-state index contributed by atoms with van der Waals surface area (Å²) in [7, 11) is 0. The molecule has 0 aromatic heterocycles. The van der Waals surface area contributed by atoms with Crippen molar-refractivity contribution in [1.82, 2.24) is 10.6 Å². The van der Waals surface area contributed by atoms with E-state index in [0.29, 0.717) is 0 Å². The highest BCUT2D eigenvalue weighted by molar-refractivity contribution is 5.14. The maximum atomic E-state index is 5.41. The van der Waals surface area contributed by atoms with Gasteiger partial charge in [0.2, 0.25) is 0 Å². The van der Waals surface area contributed by atoms with Crippen LogP contribution in [0.15, 0.2) is 30.3 Å². The van der Waals surface area contributed by atoms with E-state index in [4.69, 9.17) is 5.73 Å². The summed E-state index contributed by atoms with van der Waals surface area (Å²) >= 11 is 0. The van der Waals surface area contributed by atoms with Crippen molar-refractivity contribution < 1.29 is 0 Å². The van der Waals surface area contributed by atoms with Crippen molar-refractivity contribution in [2.45, 2.75) is 19.3 Å². The van der Waals surface area contributed by atoms with E-state index in [1.165, 1.54) is 12.0 Å². The Hall–Kier alpha value is -0.900. The minimum absolute atomic E-state index is 0.780. The van der Waals surface area contributed by atoms with E-state index in [9.17, 15) is 0 Å². The first-order chi connectivity index (χ1) is 8.43. The lowest BCUT2D eigenvalue weighted by Gasteiger charge is -2.06. The number of nitrogens with two attached hydrogens (primary N) is 1. The van der Waals surface area contributed by atoms with Crippen LogP contribution in [0.1, 0.15) is 18.4 Å². The zero-order valence-corrected chi connectivity index (χ0v) is 10.6. The molecule has 0 spiro atoms. The van der Waals surface area contributed by atoms with E-state index in [1.807, 2.05) is 0 Å². The van der Waals surface area contributed by atoms with Crippen LogP contribution in [-0.2, 0) is 6.42 Å². The number of rotatable bonds is 10. The van der Waals surface area contributed by atoms with Gasteiger partial charge in [-0.25, -0.2) is 0 Å². The Bertz CT molecular complexity index is 261. The molecule has 0 radical (unpaired) electrons. The van der Waals surface area contributed by atoms with Crippen molar-refractivity contribution in [1.29, 1.82) is 0 Å². The summed E-state index contributed by atoms with van der Waals surface area (Å²) in [6.07, 6.45) is 3.36. The van der Waals surface area contributed by atoms with Gasteiger partial charge in [-0.1, -0.05) is 30.3 Å². The minimum atomic E-state index is 0.780. The van der Waals surface area contributed by atoms with Crippen LogP contribution in [-0.4, -0.2) is 32.7 Å². The zero-order valence-electron chi connectivity index (χ0n) is 10.6. The number of hydrogen-bond acceptors (Lipinski definition) is 3. The molecule has 0 fully saturated rings. The van der Waals surface area contributed by atoms with Gasteiger partial charge >= 0.3 is 0 Å². The van der Waals surface area contributed by atoms with Crippen molar-refractivity contribution in [3.05, 3.63) is 35.9 Å². The normalized spacial score (nSPS) is 10.6. The Kier molecular flexibility index (Phi) is 8.55. The molecule has 1 aromatic carbocycles. The van der Waals surface area contributed by atoms with Gasteiger partial charge in [-0.2, -0.15) is 0 Å².